The molecule has 1 saturated heterocycles. The molecule has 0 aliphatic carbocycles. The first-order valence-electron chi connectivity index (χ1n) is 5.21. The van der Waals surface area contributed by atoms with Gasteiger partial charge in [0, 0.05) is 6.20 Å². The van der Waals surface area contributed by atoms with Crippen LogP contribution in [0, 0.1) is 5.92 Å². The lowest BCUT2D eigenvalue weighted by molar-refractivity contribution is -0.142. The molecule has 0 radical (unpaired) electrons. The van der Waals surface area contributed by atoms with Crippen LogP contribution < -0.4 is 5.32 Å². The minimum Gasteiger partial charge on any atom is -0.481 e. The summed E-state index contributed by atoms with van der Waals surface area (Å²) in [6.07, 6.45) is 1.51. The first-order valence-corrected chi connectivity index (χ1v) is 5.21. The lowest BCUT2D eigenvalue weighted by atomic mass is 10.0. The van der Waals surface area contributed by atoms with Crippen LogP contribution >= 0.6 is 0 Å². The van der Waals surface area contributed by atoms with Crippen LogP contribution in [0.15, 0.2) is 24.4 Å². The Hall–Kier alpha value is -1.95. The Morgan fingerprint density at radius 1 is 1.41 bits per heavy atom. The third-order valence-corrected chi connectivity index (χ3v) is 2.61. The summed E-state index contributed by atoms with van der Waals surface area (Å²) in [5.74, 6) is -2.04. The van der Waals surface area contributed by atoms with Gasteiger partial charge in [0.15, 0.2) is 0 Å². The molecule has 0 aromatic carbocycles. The van der Waals surface area contributed by atoms with Crippen molar-refractivity contribution in [3.63, 3.8) is 0 Å². The van der Waals surface area contributed by atoms with E-state index in [1.165, 1.54) is 6.20 Å². The van der Waals surface area contributed by atoms with E-state index in [9.17, 15) is 9.59 Å². The number of rotatable bonds is 3. The van der Waals surface area contributed by atoms with Crippen molar-refractivity contribution in [3.05, 3.63) is 30.1 Å². The minimum atomic E-state index is -0.964. The molecule has 2 unspecified atom stereocenters. The summed E-state index contributed by atoms with van der Waals surface area (Å²) in [5.41, 5.74) is 0.267. The number of carboxylic acid groups (broad SMARTS) is 1. The summed E-state index contributed by atoms with van der Waals surface area (Å²) in [7, 11) is 0. The number of carbonyl (C=O) groups is 2. The molecule has 2 heterocycles. The molecule has 6 nitrogen and oxygen atoms in total. The Labute approximate surface area is 97.6 Å². The van der Waals surface area contributed by atoms with E-state index in [0.29, 0.717) is 0 Å². The number of carbonyl (C=O) groups excluding carboxylic acids is 1. The molecule has 0 spiro atoms. The van der Waals surface area contributed by atoms with Crippen LogP contribution in [0.1, 0.15) is 10.5 Å². The fourth-order valence-corrected chi connectivity index (χ4v) is 1.68. The van der Waals surface area contributed by atoms with E-state index >= 15 is 0 Å². The number of ether oxygens (including phenoxy) is 1. The van der Waals surface area contributed by atoms with Gasteiger partial charge < -0.3 is 15.2 Å². The number of hydrogen-bond donors (Lipinski definition) is 2. The van der Waals surface area contributed by atoms with Gasteiger partial charge in [0.05, 0.1) is 19.3 Å². The van der Waals surface area contributed by atoms with E-state index in [1.807, 2.05) is 0 Å². The van der Waals surface area contributed by atoms with Crippen molar-refractivity contribution in [2.45, 2.75) is 6.04 Å². The monoisotopic (exact) mass is 236 g/mol. The highest BCUT2D eigenvalue weighted by atomic mass is 16.5. The highest BCUT2D eigenvalue weighted by Gasteiger charge is 2.35. The van der Waals surface area contributed by atoms with Gasteiger partial charge in [0.1, 0.15) is 11.6 Å². The summed E-state index contributed by atoms with van der Waals surface area (Å²) in [5, 5.41) is 11.5. The molecule has 1 aromatic heterocycles. The lowest BCUT2D eigenvalue weighted by Gasteiger charge is -2.15. The molecule has 0 saturated carbocycles. The van der Waals surface area contributed by atoms with Crippen molar-refractivity contribution >= 4 is 11.9 Å². The van der Waals surface area contributed by atoms with E-state index in [4.69, 9.17) is 9.84 Å². The number of hydrogen-bond acceptors (Lipinski definition) is 4. The van der Waals surface area contributed by atoms with Gasteiger partial charge in [0.25, 0.3) is 5.91 Å². The molecule has 1 aliphatic rings. The average Bonchev–Trinajstić information content (AvgIpc) is 2.78. The molecular formula is C11H12N2O4. The molecule has 2 atom stereocenters. The van der Waals surface area contributed by atoms with Crippen molar-refractivity contribution in [1.82, 2.24) is 10.3 Å². The average molecular weight is 236 g/mol. The molecule has 0 bridgehead atoms. The van der Waals surface area contributed by atoms with Crippen LogP contribution in [0.25, 0.3) is 0 Å². The van der Waals surface area contributed by atoms with Gasteiger partial charge in [-0.15, -0.1) is 0 Å². The number of nitrogens with zero attached hydrogens (tertiary/aromatic N) is 1. The third-order valence-electron chi connectivity index (χ3n) is 2.61. The molecule has 90 valence electrons. The second kappa shape index (κ2) is 4.92. The maximum absolute atomic E-state index is 11.7. The number of aromatic nitrogens is 1. The number of carboxylic acids is 1. The zero-order chi connectivity index (χ0) is 12.3. The molecule has 2 rings (SSSR count). The zero-order valence-electron chi connectivity index (χ0n) is 9.00. The Morgan fingerprint density at radius 2 is 2.24 bits per heavy atom. The molecule has 1 fully saturated rings. The standard InChI is InChI=1S/C11H12N2O4/c14-10(8-3-1-2-4-12-8)13-9-6-17-5-7(9)11(15)16/h1-4,7,9H,5-6H2,(H,13,14)(H,15,16). The highest BCUT2D eigenvalue weighted by molar-refractivity contribution is 5.92. The van der Waals surface area contributed by atoms with Crippen LogP contribution in [-0.4, -0.2) is 41.2 Å². The number of pyridine rings is 1. The van der Waals surface area contributed by atoms with Crippen molar-refractivity contribution in [3.8, 4) is 0 Å². The smallest absolute Gasteiger partial charge is 0.311 e. The minimum absolute atomic E-state index is 0.127. The molecule has 1 aromatic rings. The summed E-state index contributed by atoms with van der Waals surface area (Å²) < 4.78 is 5.05. The van der Waals surface area contributed by atoms with E-state index < -0.39 is 17.9 Å². The first kappa shape index (κ1) is 11.5. The Balaban J connectivity index is 2.02. The van der Waals surface area contributed by atoms with Gasteiger partial charge in [0.2, 0.25) is 0 Å². The summed E-state index contributed by atoms with van der Waals surface area (Å²) in [6, 6.07) is 4.47. The number of aliphatic carboxylic acids is 1. The van der Waals surface area contributed by atoms with E-state index in [-0.39, 0.29) is 24.8 Å². The van der Waals surface area contributed by atoms with Gasteiger partial charge in [-0.3, -0.25) is 14.6 Å². The normalized spacial score (nSPS) is 23.3. The molecule has 1 aliphatic heterocycles. The summed E-state index contributed by atoms with van der Waals surface area (Å²) in [6.45, 7) is 0.345. The van der Waals surface area contributed by atoms with Gasteiger partial charge in [-0.1, -0.05) is 6.07 Å². The molecule has 1 amide bonds. The Kier molecular flexibility index (Phi) is 3.34. The quantitative estimate of drug-likeness (QED) is 0.765. The topological polar surface area (TPSA) is 88.5 Å². The molecular weight excluding hydrogens is 224 g/mol. The first-order chi connectivity index (χ1) is 8.18. The summed E-state index contributed by atoms with van der Waals surface area (Å²) in [4.78, 5) is 26.5. The molecule has 17 heavy (non-hydrogen) atoms. The van der Waals surface area contributed by atoms with Gasteiger partial charge in [-0.2, -0.15) is 0 Å². The van der Waals surface area contributed by atoms with E-state index in [2.05, 4.69) is 10.3 Å². The van der Waals surface area contributed by atoms with Gasteiger partial charge >= 0.3 is 5.97 Å². The third kappa shape index (κ3) is 2.59. The van der Waals surface area contributed by atoms with Crippen LogP contribution in [0.3, 0.4) is 0 Å². The lowest BCUT2D eigenvalue weighted by Crippen LogP contribution is -2.42. The van der Waals surface area contributed by atoms with Crippen LogP contribution in [0.2, 0.25) is 0 Å². The maximum atomic E-state index is 11.7. The maximum Gasteiger partial charge on any atom is 0.311 e. The fourth-order valence-electron chi connectivity index (χ4n) is 1.68. The van der Waals surface area contributed by atoms with Crippen LogP contribution in [0.4, 0.5) is 0 Å². The molecule has 6 heteroatoms. The van der Waals surface area contributed by atoms with Crippen molar-refractivity contribution in [1.29, 1.82) is 0 Å². The second-order valence-electron chi connectivity index (χ2n) is 3.78. The Morgan fingerprint density at radius 3 is 2.88 bits per heavy atom. The van der Waals surface area contributed by atoms with Crippen molar-refractivity contribution < 1.29 is 19.4 Å². The van der Waals surface area contributed by atoms with Gasteiger partial charge in [-0.25, -0.2) is 0 Å². The SMILES string of the molecule is O=C(NC1COCC1C(=O)O)c1ccccn1. The predicted molar refractivity (Wildman–Crippen MR) is 57.4 cm³/mol. The van der Waals surface area contributed by atoms with E-state index in [1.54, 1.807) is 18.2 Å². The van der Waals surface area contributed by atoms with Crippen LogP contribution in [-0.2, 0) is 9.53 Å². The summed E-state index contributed by atoms with van der Waals surface area (Å²) >= 11 is 0. The largest absolute Gasteiger partial charge is 0.481 e. The predicted octanol–water partition coefficient (Wildman–Crippen LogP) is -0.0890. The van der Waals surface area contributed by atoms with Crippen molar-refractivity contribution in [2.75, 3.05) is 13.2 Å². The van der Waals surface area contributed by atoms with Crippen LogP contribution in [0.5, 0.6) is 0 Å². The zero-order valence-corrected chi connectivity index (χ0v) is 9.00. The van der Waals surface area contributed by atoms with Gasteiger partial charge in [-0.05, 0) is 12.1 Å². The second-order valence-corrected chi connectivity index (χ2v) is 3.78. The highest BCUT2D eigenvalue weighted by Crippen LogP contribution is 2.14. The number of nitrogens with one attached hydrogen (secondary N) is 1. The fraction of sp³-hybridized carbons (Fsp3) is 0.364. The number of amides is 1. The Bertz CT molecular complexity index is 421. The molecule has 2 N–H and O–H groups in total. The van der Waals surface area contributed by atoms with Crippen molar-refractivity contribution in [2.24, 2.45) is 5.92 Å². The van der Waals surface area contributed by atoms with E-state index in [0.717, 1.165) is 0 Å².